The van der Waals surface area contributed by atoms with E-state index in [9.17, 15) is 9.18 Å². The Balaban J connectivity index is 1.66. The second kappa shape index (κ2) is 5.39. The molecule has 0 fully saturated rings. The molecule has 0 saturated heterocycles. The lowest BCUT2D eigenvalue weighted by Crippen LogP contribution is -2.27. The van der Waals surface area contributed by atoms with Crippen molar-refractivity contribution in [2.75, 3.05) is 0 Å². The number of aromatic nitrogens is 5. The molecule has 2 aromatic carbocycles. The second-order valence-corrected chi connectivity index (χ2v) is 6.94. The molecule has 0 radical (unpaired) electrons. The van der Waals surface area contributed by atoms with Crippen LogP contribution in [0.5, 0.6) is 0 Å². The maximum atomic E-state index is 13.3. The van der Waals surface area contributed by atoms with Gasteiger partial charge in [-0.15, -0.1) is 0 Å². The van der Waals surface area contributed by atoms with Crippen molar-refractivity contribution in [3.05, 3.63) is 76.5 Å². The number of rotatable bonds is 1. The third kappa shape index (κ3) is 1.98. The van der Waals surface area contributed by atoms with Crippen LogP contribution in [0, 0.1) is 5.82 Å². The maximum Gasteiger partial charge on any atom is 0.264 e. The van der Waals surface area contributed by atoms with Crippen molar-refractivity contribution in [3.63, 3.8) is 0 Å². The number of hydrogen-bond acceptors (Lipinski definition) is 3. The van der Waals surface area contributed by atoms with Gasteiger partial charge in [0, 0.05) is 17.4 Å². The molecule has 0 bridgehead atoms. The van der Waals surface area contributed by atoms with Crippen LogP contribution >= 0.6 is 0 Å². The molecule has 4 heterocycles. The molecule has 0 spiro atoms. The van der Waals surface area contributed by atoms with Crippen molar-refractivity contribution in [1.82, 2.24) is 24.3 Å². The molecule has 1 N–H and O–H groups in total. The Morgan fingerprint density at radius 1 is 1.04 bits per heavy atom. The molecule has 7 heteroatoms. The van der Waals surface area contributed by atoms with Gasteiger partial charge in [-0.3, -0.25) is 9.36 Å². The average molecular weight is 371 g/mol. The van der Waals surface area contributed by atoms with Crippen molar-refractivity contribution in [2.45, 2.75) is 13.0 Å². The highest BCUT2D eigenvalue weighted by atomic mass is 19.1. The highest BCUT2D eigenvalue weighted by molar-refractivity contribution is 5.91. The summed E-state index contributed by atoms with van der Waals surface area (Å²) in [6.45, 7) is 0.577. The quantitative estimate of drug-likeness (QED) is 0.491. The number of para-hydroxylation sites is 1. The van der Waals surface area contributed by atoms with Gasteiger partial charge in [-0.2, -0.15) is 5.10 Å². The zero-order valence-corrected chi connectivity index (χ0v) is 14.7. The van der Waals surface area contributed by atoms with Gasteiger partial charge < -0.3 is 4.98 Å². The van der Waals surface area contributed by atoms with E-state index in [1.54, 1.807) is 21.4 Å². The molecule has 1 aliphatic rings. The largest absolute Gasteiger partial charge is 0.352 e. The maximum absolute atomic E-state index is 13.3. The van der Waals surface area contributed by atoms with Crippen molar-refractivity contribution in [3.8, 4) is 17.2 Å². The van der Waals surface area contributed by atoms with Crippen LogP contribution in [0.2, 0.25) is 0 Å². The Hall–Kier alpha value is -3.74. The van der Waals surface area contributed by atoms with E-state index in [2.05, 4.69) is 16.1 Å². The summed E-state index contributed by atoms with van der Waals surface area (Å²) >= 11 is 0. The van der Waals surface area contributed by atoms with Gasteiger partial charge in [0.05, 0.1) is 17.6 Å². The van der Waals surface area contributed by atoms with Crippen molar-refractivity contribution >= 4 is 21.9 Å². The lowest BCUT2D eigenvalue weighted by molar-refractivity contribution is 0.627. The standard InChI is InChI=1S/C21H14FN5O/c22-12-5-7-13(8-6-12)27-19-16(11-23-27)21(28)26-10-9-15-14-3-1-2-4-17(14)24-18(15)20(26)25-19/h1-8,11,24H,9-10H2. The summed E-state index contributed by atoms with van der Waals surface area (Å²) in [4.78, 5) is 21.3. The first kappa shape index (κ1) is 15.3. The fourth-order valence-electron chi connectivity index (χ4n) is 4.05. The molecule has 0 atom stereocenters. The van der Waals surface area contributed by atoms with Gasteiger partial charge in [0.25, 0.3) is 5.56 Å². The first-order valence-corrected chi connectivity index (χ1v) is 9.05. The minimum Gasteiger partial charge on any atom is -0.352 e. The van der Waals surface area contributed by atoms with Crippen LogP contribution in [0.15, 0.2) is 59.5 Å². The third-order valence-electron chi connectivity index (χ3n) is 5.38. The summed E-state index contributed by atoms with van der Waals surface area (Å²) in [5.74, 6) is 0.284. The number of aromatic amines is 1. The molecular weight excluding hydrogens is 357 g/mol. The molecule has 0 unspecified atom stereocenters. The second-order valence-electron chi connectivity index (χ2n) is 6.94. The normalized spacial score (nSPS) is 13.0. The van der Waals surface area contributed by atoms with Gasteiger partial charge in [-0.05, 0) is 42.3 Å². The summed E-state index contributed by atoms with van der Waals surface area (Å²) in [6, 6.07) is 14.1. The van der Waals surface area contributed by atoms with Crippen molar-refractivity contribution < 1.29 is 4.39 Å². The number of aryl methyl sites for hydroxylation is 1. The fourth-order valence-corrected chi connectivity index (χ4v) is 4.05. The van der Waals surface area contributed by atoms with Crippen LogP contribution in [-0.2, 0) is 13.0 Å². The van der Waals surface area contributed by atoms with Crippen molar-refractivity contribution in [2.24, 2.45) is 0 Å². The molecule has 0 aliphatic carbocycles. The van der Waals surface area contributed by atoms with Gasteiger partial charge in [0.1, 0.15) is 11.2 Å². The van der Waals surface area contributed by atoms with E-state index in [1.807, 2.05) is 18.2 Å². The van der Waals surface area contributed by atoms with E-state index < -0.39 is 0 Å². The topological polar surface area (TPSA) is 68.5 Å². The number of benzene rings is 2. The molecular formula is C21H14FN5O. The fraction of sp³-hybridized carbons (Fsp3) is 0.0952. The Bertz CT molecular complexity index is 1440. The predicted octanol–water partition coefficient (Wildman–Crippen LogP) is 3.43. The van der Waals surface area contributed by atoms with E-state index in [1.165, 1.54) is 23.9 Å². The van der Waals surface area contributed by atoms with Gasteiger partial charge in [0.2, 0.25) is 0 Å². The van der Waals surface area contributed by atoms with Crippen LogP contribution in [0.4, 0.5) is 4.39 Å². The minimum atomic E-state index is -0.326. The van der Waals surface area contributed by atoms with Crippen molar-refractivity contribution in [1.29, 1.82) is 0 Å². The van der Waals surface area contributed by atoms with E-state index in [0.717, 1.165) is 23.0 Å². The Morgan fingerprint density at radius 2 is 1.86 bits per heavy atom. The smallest absolute Gasteiger partial charge is 0.264 e. The lowest BCUT2D eigenvalue weighted by Gasteiger charge is -2.18. The van der Waals surface area contributed by atoms with Crippen LogP contribution in [-0.4, -0.2) is 24.3 Å². The molecule has 28 heavy (non-hydrogen) atoms. The molecule has 6 nitrogen and oxygen atoms in total. The molecule has 6 rings (SSSR count). The minimum absolute atomic E-state index is 0.113. The average Bonchev–Trinajstić information content (AvgIpc) is 3.31. The molecule has 136 valence electrons. The van der Waals surface area contributed by atoms with E-state index in [-0.39, 0.29) is 11.4 Å². The summed E-state index contributed by atoms with van der Waals surface area (Å²) in [5.41, 5.74) is 4.09. The molecule has 1 aliphatic heterocycles. The van der Waals surface area contributed by atoms with Gasteiger partial charge in [-0.25, -0.2) is 14.1 Å². The summed E-state index contributed by atoms with van der Waals surface area (Å²) < 4.78 is 16.6. The summed E-state index contributed by atoms with van der Waals surface area (Å²) in [7, 11) is 0. The lowest BCUT2D eigenvalue weighted by atomic mass is 10.0. The summed E-state index contributed by atoms with van der Waals surface area (Å²) in [5, 5.41) is 5.94. The SMILES string of the molecule is O=c1c2cnn(-c3ccc(F)cc3)c2nc2n1CCc1c-2[nH]c2ccccc12. The zero-order valence-electron chi connectivity index (χ0n) is 14.7. The van der Waals surface area contributed by atoms with Crippen LogP contribution < -0.4 is 5.56 Å². The molecule has 3 aromatic heterocycles. The Labute approximate surface area is 157 Å². The first-order chi connectivity index (χ1) is 13.7. The number of nitrogens with zero attached hydrogens (tertiary/aromatic N) is 4. The third-order valence-corrected chi connectivity index (χ3v) is 5.38. The monoisotopic (exact) mass is 371 g/mol. The number of halogens is 1. The van der Waals surface area contributed by atoms with E-state index in [0.29, 0.717) is 29.1 Å². The van der Waals surface area contributed by atoms with Gasteiger partial charge >= 0.3 is 0 Å². The molecule has 0 saturated carbocycles. The highest BCUT2D eigenvalue weighted by Gasteiger charge is 2.25. The molecule has 0 amide bonds. The van der Waals surface area contributed by atoms with Crippen LogP contribution in [0.1, 0.15) is 5.56 Å². The van der Waals surface area contributed by atoms with E-state index in [4.69, 9.17) is 4.98 Å². The Morgan fingerprint density at radius 3 is 2.71 bits per heavy atom. The number of hydrogen-bond donors (Lipinski definition) is 1. The Kier molecular flexibility index (Phi) is 2.95. The van der Waals surface area contributed by atoms with Gasteiger partial charge in [-0.1, -0.05) is 18.2 Å². The number of fused-ring (bicyclic) bond motifs is 6. The van der Waals surface area contributed by atoms with Crippen LogP contribution in [0.25, 0.3) is 39.1 Å². The number of nitrogens with one attached hydrogen (secondary N) is 1. The summed E-state index contributed by atoms with van der Waals surface area (Å²) in [6.07, 6.45) is 2.30. The van der Waals surface area contributed by atoms with Crippen LogP contribution in [0.3, 0.4) is 0 Å². The highest BCUT2D eigenvalue weighted by Crippen LogP contribution is 2.33. The molecule has 5 aromatic rings. The van der Waals surface area contributed by atoms with Gasteiger partial charge in [0.15, 0.2) is 11.5 Å². The van der Waals surface area contributed by atoms with E-state index >= 15 is 0 Å². The first-order valence-electron chi connectivity index (χ1n) is 9.05. The zero-order chi connectivity index (χ0) is 18.8. The number of H-pyrrole nitrogens is 1. The predicted molar refractivity (Wildman–Crippen MR) is 104 cm³/mol.